The Kier molecular flexibility index (Phi) is 5.49. The summed E-state index contributed by atoms with van der Waals surface area (Å²) in [5, 5.41) is 4.11. The van der Waals surface area contributed by atoms with Crippen molar-refractivity contribution in [2.24, 2.45) is 17.8 Å². The van der Waals surface area contributed by atoms with Crippen LogP contribution in [-0.2, 0) is 11.3 Å². The molecule has 2 unspecified atom stereocenters. The smallest absolute Gasteiger partial charge is 0.324 e. The highest BCUT2D eigenvalue weighted by molar-refractivity contribution is 5.59. The van der Waals surface area contributed by atoms with Crippen LogP contribution in [-0.4, -0.2) is 51.8 Å². The number of piperidine rings is 1. The van der Waals surface area contributed by atoms with Gasteiger partial charge in [-0.25, -0.2) is 0 Å². The van der Waals surface area contributed by atoms with Crippen molar-refractivity contribution in [3.8, 4) is 11.6 Å². The van der Waals surface area contributed by atoms with Gasteiger partial charge in [0.15, 0.2) is 0 Å². The quantitative estimate of drug-likeness (QED) is 0.411. The van der Waals surface area contributed by atoms with Crippen LogP contribution in [0.25, 0.3) is 11.6 Å². The molecule has 3 heterocycles. The standard InChI is InChI=1S/C25H26N8O2/c1-32(17-10-6-3-7-11-17)24-28-21(27-23(26)30-24)22-29-25(35-31-22)33-12-18-19(13-33)20(18)15-34-14-16-8-4-2-5-9-16/h2-11,18-20H,12-15H2,1H3,(H2,26,27,28,30). The van der Waals surface area contributed by atoms with Crippen LogP contribution >= 0.6 is 0 Å². The van der Waals surface area contributed by atoms with Crippen molar-refractivity contribution in [2.45, 2.75) is 6.61 Å². The normalized spacial score (nSPS) is 20.6. The zero-order valence-electron chi connectivity index (χ0n) is 19.4. The van der Waals surface area contributed by atoms with Crippen LogP contribution in [0.2, 0.25) is 0 Å². The van der Waals surface area contributed by atoms with Gasteiger partial charge in [-0.15, -0.1) is 0 Å². The van der Waals surface area contributed by atoms with Gasteiger partial charge in [0.25, 0.3) is 0 Å². The largest absolute Gasteiger partial charge is 0.376 e. The van der Waals surface area contributed by atoms with E-state index in [1.54, 1.807) is 0 Å². The van der Waals surface area contributed by atoms with Gasteiger partial charge in [-0.2, -0.15) is 19.9 Å². The fourth-order valence-electron chi connectivity index (χ4n) is 4.77. The average molecular weight is 471 g/mol. The lowest BCUT2D eigenvalue weighted by atomic mass is 10.2. The maximum Gasteiger partial charge on any atom is 0.324 e. The van der Waals surface area contributed by atoms with Gasteiger partial charge >= 0.3 is 6.01 Å². The van der Waals surface area contributed by atoms with Crippen LogP contribution in [0.3, 0.4) is 0 Å². The Morgan fingerprint density at radius 3 is 2.40 bits per heavy atom. The molecule has 0 spiro atoms. The monoisotopic (exact) mass is 470 g/mol. The number of para-hydroxylation sites is 1. The summed E-state index contributed by atoms with van der Waals surface area (Å²) in [6.07, 6.45) is 0. The first-order chi connectivity index (χ1) is 17.2. The molecule has 2 aromatic heterocycles. The minimum Gasteiger partial charge on any atom is -0.376 e. The highest BCUT2D eigenvalue weighted by Crippen LogP contribution is 2.52. The number of fused-ring (bicyclic) bond motifs is 1. The second-order valence-corrected chi connectivity index (χ2v) is 9.01. The van der Waals surface area contributed by atoms with Crippen molar-refractivity contribution in [3.05, 3.63) is 66.2 Å². The molecular weight excluding hydrogens is 444 g/mol. The van der Waals surface area contributed by atoms with Gasteiger partial charge in [0.1, 0.15) is 0 Å². The van der Waals surface area contributed by atoms with E-state index in [0.29, 0.717) is 42.1 Å². The molecule has 1 saturated heterocycles. The number of nitrogen functional groups attached to an aromatic ring is 1. The molecule has 1 saturated carbocycles. The number of hydrogen-bond donors (Lipinski definition) is 1. The van der Waals surface area contributed by atoms with Crippen molar-refractivity contribution in [3.63, 3.8) is 0 Å². The molecule has 4 aromatic rings. The molecule has 2 fully saturated rings. The first-order valence-electron chi connectivity index (χ1n) is 11.7. The van der Waals surface area contributed by atoms with E-state index in [1.165, 1.54) is 5.56 Å². The van der Waals surface area contributed by atoms with Crippen LogP contribution in [0.1, 0.15) is 5.56 Å². The second kappa shape index (κ2) is 8.95. The van der Waals surface area contributed by atoms with E-state index in [-0.39, 0.29) is 11.8 Å². The number of ether oxygens (including phenoxy) is 1. The molecule has 10 heteroatoms. The number of hydrogen-bond acceptors (Lipinski definition) is 10. The van der Waals surface area contributed by atoms with E-state index in [9.17, 15) is 0 Å². The molecule has 1 aliphatic carbocycles. The van der Waals surface area contributed by atoms with E-state index in [4.69, 9.17) is 15.0 Å². The summed E-state index contributed by atoms with van der Waals surface area (Å²) in [5.41, 5.74) is 8.09. The van der Waals surface area contributed by atoms with Crippen molar-refractivity contribution in [1.82, 2.24) is 25.1 Å². The molecule has 2 atom stereocenters. The van der Waals surface area contributed by atoms with Gasteiger partial charge in [0.05, 0.1) is 13.2 Å². The molecule has 6 rings (SSSR count). The Balaban J connectivity index is 1.08. The van der Waals surface area contributed by atoms with E-state index in [2.05, 4.69) is 42.1 Å². The van der Waals surface area contributed by atoms with Crippen molar-refractivity contribution < 1.29 is 9.26 Å². The molecule has 2 aliphatic rings. The first-order valence-corrected chi connectivity index (χ1v) is 11.7. The van der Waals surface area contributed by atoms with Gasteiger partial charge in [-0.05, 0) is 35.4 Å². The third-order valence-corrected chi connectivity index (χ3v) is 6.76. The Bertz CT molecular complexity index is 1290. The molecule has 178 valence electrons. The molecule has 10 nitrogen and oxygen atoms in total. The highest BCUT2D eigenvalue weighted by atomic mass is 16.5. The fourth-order valence-corrected chi connectivity index (χ4v) is 4.77. The van der Waals surface area contributed by atoms with Gasteiger partial charge in [-0.3, -0.25) is 0 Å². The lowest BCUT2D eigenvalue weighted by Crippen LogP contribution is -2.25. The molecule has 1 aliphatic heterocycles. The SMILES string of the molecule is CN(c1ccccc1)c1nc(N)nc(-c2noc(N3CC4C(COCc5ccccc5)C4C3)n2)n1. The van der Waals surface area contributed by atoms with E-state index >= 15 is 0 Å². The minimum atomic E-state index is 0.0971. The average Bonchev–Trinajstić information content (AvgIpc) is 3.26. The molecule has 2 N–H and O–H groups in total. The van der Waals surface area contributed by atoms with Crippen LogP contribution in [0, 0.1) is 17.8 Å². The van der Waals surface area contributed by atoms with Crippen LogP contribution in [0.5, 0.6) is 0 Å². The predicted molar refractivity (Wildman–Crippen MR) is 131 cm³/mol. The van der Waals surface area contributed by atoms with E-state index in [1.807, 2.05) is 60.5 Å². The molecule has 0 bridgehead atoms. The number of nitrogens with zero attached hydrogens (tertiary/aromatic N) is 7. The van der Waals surface area contributed by atoms with Crippen molar-refractivity contribution >= 4 is 23.6 Å². The van der Waals surface area contributed by atoms with Gasteiger partial charge in [-0.1, -0.05) is 53.7 Å². The minimum absolute atomic E-state index is 0.0971. The molecule has 35 heavy (non-hydrogen) atoms. The van der Waals surface area contributed by atoms with Crippen LogP contribution < -0.4 is 15.5 Å². The third-order valence-electron chi connectivity index (χ3n) is 6.76. The summed E-state index contributed by atoms with van der Waals surface area (Å²) in [5.74, 6) is 2.87. The van der Waals surface area contributed by atoms with Crippen molar-refractivity contribution in [2.75, 3.05) is 42.3 Å². The zero-order chi connectivity index (χ0) is 23.8. The Hall–Kier alpha value is -4.05. The van der Waals surface area contributed by atoms with E-state index < -0.39 is 0 Å². The number of rotatable bonds is 8. The maximum atomic E-state index is 5.96. The zero-order valence-corrected chi connectivity index (χ0v) is 19.4. The molecule has 0 radical (unpaired) electrons. The summed E-state index contributed by atoms with van der Waals surface area (Å²) >= 11 is 0. The topological polar surface area (TPSA) is 119 Å². The highest BCUT2D eigenvalue weighted by Gasteiger charge is 2.56. The van der Waals surface area contributed by atoms with E-state index in [0.717, 1.165) is 25.4 Å². The molecular formula is C25H26N8O2. The number of aromatic nitrogens is 5. The number of benzene rings is 2. The summed E-state index contributed by atoms with van der Waals surface area (Å²) in [7, 11) is 1.87. The summed E-state index contributed by atoms with van der Waals surface area (Å²) < 4.78 is 11.5. The van der Waals surface area contributed by atoms with Gasteiger partial charge < -0.3 is 24.8 Å². The lowest BCUT2D eigenvalue weighted by molar-refractivity contribution is 0.104. The third kappa shape index (κ3) is 4.40. The molecule has 2 aromatic carbocycles. The maximum absolute atomic E-state index is 5.96. The fraction of sp³-hybridized carbons (Fsp3) is 0.320. The van der Waals surface area contributed by atoms with Gasteiger partial charge in [0, 0.05) is 25.8 Å². The number of anilines is 4. The lowest BCUT2D eigenvalue weighted by Gasteiger charge is -2.17. The Labute approximate surface area is 202 Å². The second-order valence-electron chi connectivity index (χ2n) is 9.01. The predicted octanol–water partition coefficient (Wildman–Crippen LogP) is 3.17. The Morgan fingerprint density at radius 2 is 1.66 bits per heavy atom. The first kappa shape index (κ1) is 21.5. The number of nitrogens with two attached hydrogens (primary N) is 1. The summed E-state index contributed by atoms with van der Waals surface area (Å²) in [4.78, 5) is 21.5. The Morgan fingerprint density at radius 1 is 0.943 bits per heavy atom. The molecule has 0 amide bonds. The van der Waals surface area contributed by atoms with Gasteiger partial charge in [0.2, 0.25) is 23.5 Å². The van der Waals surface area contributed by atoms with Crippen LogP contribution in [0.4, 0.5) is 23.6 Å². The summed E-state index contributed by atoms with van der Waals surface area (Å²) in [6.45, 7) is 3.21. The van der Waals surface area contributed by atoms with Crippen LogP contribution in [0.15, 0.2) is 65.2 Å². The summed E-state index contributed by atoms with van der Waals surface area (Å²) in [6, 6.07) is 20.5. The van der Waals surface area contributed by atoms with Crippen molar-refractivity contribution in [1.29, 1.82) is 0 Å².